The highest BCUT2D eigenvalue weighted by molar-refractivity contribution is 7.98. The second kappa shape index (κ2) is 5.85. The first-order valence-corrected chi connectivity index (χ1v) is 7.23. The molecule has 0 aliphatic carbocycles. The van der Waals surface area contributed by atoms with Crippen LogP contribution >= 0.6 is 11.9 Å². The van der Waals surface area contributed by atoms with Crippen LogP contribution in [0.3, 0.4) is 0 Å². The summed E-state index contributed by atoms with van der Waals surface area (Å²) in [7, 11) is 1.42. The molecule has 0 spiro atoms. The first kappa shape index (κ1) is 15.2. The molecule has 22 heavy (non-hydrogen) atoms. The van der Waals surface area contributed by atoms with E-state index in [9.17, 15) is 10.2 Å². The van der Waals surface area contributed by atoms with Crippen LogP contribution in [-0.4, -0.2) is 71.7 Å². The zero-order valence-electron chi connectivity index (χ0n) is 11.5. The Balaban J connectivity index is 1.90. The van der Waals surface area contributed by atoms with Crippen LogP contribution in [-0.2, 0) is 4.74 Å². The molecule has 0 amide bonds. The molecule has 120 valence electrons. The number of aromatic nitrogens is 4. The van der Waals surface area contributed by atoms with Crippen LogP contribution in [0.25, 0.3) is 11.2 Å². The second-order valence-corrected chi connectivity index (χ2v) is 5.72. The largest absolute Gasteiger partial charge is 0.467 e. The number of nitrogens with two attached hydrogens (primary N) is 1. The van der Waals surface area contributed by atoms with Gasteiger partial charge in [-0.05, 0) is 11.9 Å². The summed E-state index contributed by atoms with van der Waals surface area (Å²) in [5, 5.41) is 28.8. The van der Waals surface area contributed by atoms with E-state index in [1.165, 1.54) is 17.4 Å². The zero-order valence-corrected chi connectivity index (χ0v) is 12.3. The Morgan fingerprint density at radius 3 is 2.82 bits per heavy atom. The van der Waals surface area contributed by atoms with Crippen molar-refractivity contribution in [2.45, 2.75) is 23.7 Å². The summed E-state index contributed by atoms with van der Waals surface area (Å²) in [5.74, 6) is 0.169. The lowest BCUT2D eigenvalue weighted by Crippen LogP contribution is -2.33. The number of methoxy groups -OCH3 is 1. The maximum absolute atomic E-state index is 9.96. The third kappa shape index (κ3) is 2.46. The van der Waals surface area contributed by atoms with Crippen molar-refractivity contribution in [3.63, 3.8) is 0 Å². The molecule has 5 N–H and O–H groups in total. The number of hydrogen-bond donors (Lipinski definition) is 4. The lowest BCUT2D eigenvalue weighted by Gasteiger charge is -2.14. The van der Waals surface area contributed by atoms with Gasteiger partial charge in [0, 0.05) is 0 Å². The summed E-state index contributed by atoms with van der Waals surface area (Å²) >= 11 is 1.06. The van der Waals surface area contributed by atoms with Crippen LogP contribution in [0.5, 0.6) is 6.01 Å². The van der Waals surface area contributed by atoms with Crippen molar-refractivity contribution in [3.8, 4) is 6.01 Å². The molecule has 0 bridgehead atoms. The number of ether oxygens (including phenoxy) is 2. The molecule has 11 heteroatoms. The fraction of sp³-hybridized carbons (Fsp3) is 0.545. The van der Waals surface area contributed by atoms with Crippen LogP contribution in [0, 0.1) is 0 Å². The van der Waals surface area contributed by atoms with Crippen molar-refractivity contribution in [1.29, 1.82) is 0 Å². The molecule has 0 radical (unpaired) electrons. The van der Waals surface area contributed by atoms with Crippen molar-refractivity contribution in [1.82, 2.24) is 18.9 Å². The fourth-order valence-corrected chi connectivity index (χ4v) is 3.14. The number of hydrogen-bond acceptors (Lipinski definition) is 10. The molecule has 3 heterocycles. The molecule has 0 saturated carbocycles. The number of anilines is 1. The van der Waals surface area contributed by atoms with Gasteiger partial charge in [-0.25, -0.2) is 4.98 Å². The minimum Gasteiger partial charge on any atom is -0.467 e. The van der Waals surface area contributed by atoms with Gasteiger partial charge in [-0.1, -0.05) is 0 Å². The van der Waals surface area contributed by atoms with Crippen LogP contribution < -0.4 is 10.5 Å². The highest BCUT2D eigenvalue weighted by Gasteiger charge is 2.43. The molecule has 0 aromatic carbocycles. The standard InChI is InChI=1S/C11H15N5O5S/c1-20-11-14-8(12)5-9(15-11)16(3-13-5)22-10-7(19)6(18)4(2-17)21-10/h3-4,6-7,10,17-19H,2H2,1H3,(H2,12,14,15)/t4-,6?,7?,10+/m1/s1. The summed E-state index contributed by atoms with van der Waals surface area (Å²) in [5.41, 5.74) is 5.78. The smallest absolute Gasteiger partial charge is 0.320 e. The Hall–Kier alpha value is -1.66. The van der Waals surface area contributed by atoms with Crippen LogP contribution in [0.4, 0.5) is 5.82 Å². The molecule has 4 atom stereocenters. The van der Waals surface area contributed by atoms with Gasteiger partial charge in [-0.3, -0.25) is 3.97 Å². The van der Waals surface area contributed by atoms with Crippen molar-refractivity contribution < 1.29 is 24.8 Å². The topological polar surface area (TPSA) is 149 Å². The number of nitrogens with zero attached hydrogens (tertiary/aromatic N) is 4. The number of fused-ring (bicyclic) bond motifs is 1. The number of nitrogen functional groups attached to an aromatic ring is 1. The highest BCUT2D eigenvalue weighted by atomic mass is 32.2. The molecule has 2 aromatic heterocycles. The van der Waals surface area contributed by atoms with E-state index in [2.05, 4.69) is 15.0 Å². The van der Waals surface area contributed by atoms with E-state index in [1.54, 1.807) is 0 Å². The molecule has 1 fully saturated rings. The minimum absolute atomic E-state index is 0.0912. The Kier molecular flexibility index (Phi) is 4.06. The molecule has 2 aromatic rings. The quantitative estimate of drug-likeness (QED) is 0.514. The Bertz CT molecular complexity index is 682. The summed E-state index contributed by atoms with van der Waals surface area (Å²) in [6, 6.07) is 0.0912. The third-order valence-electron chi connectivity index (χ3n) is 3.27. The number of imidazole rings is 1. The van der Waals surface area contributed by atoms with Crippen molar-refractivity contribution >= 4 is 28.9 Å². The first-order chi connectivity index (χ1) is 10.5. The lowest BCUT2D eigenvalue weighted by atomic mass is 10.2. The molecular weight excluding hydrogens is 314 g/mol. The average molecular weight is 329 g/mol. The van der Waals surface area contributed by atoms with E-state index >= 15 is 0 Å². The normalized spacial score (nSPS) is 28.4. The predicted octanol–water partition coefficient (Wildman–Crippen LogP) is -1.65. The molecule has 1 aliphatic heterocycles. The number of aliphatic hydroxyl groups excluding tert-OH is 3. The van der Waals surface area contributed by atoms with Crippen LogP contribution in [0.15, 0.2) is 6.33 Å². The Morgan fingerprint density at radius 1 is 1.41 bits per heavy atom. The lowest BCUT2D eigenvalue weighted by molar-refractivity contribution is -0.00812. The van der Waals surface area contributed by atoms with Gasteiger partial charge in [0.05, 0.1) is 13.7 Å². The minimum atomic E-state index is -1.16. The summed E-state index contributed by atoms with van der Waals surface area (Å²) in [4.78, 5) is 12.2. The molecule has 2 unspecified atom stereocenters. The van der Waals surface area contributed by atoms with Gasteiger partial charge in [0.2, 0.25) is 0 Å². The molecule has 10 nitrogen and oxygen atoms in total. The van der Waals surface area contributed by atoms with Gasteiger partial charge in [0.15, 0.2) is 22.4 Å². The van der Waals surface area contributed by atoms with Crippen molar-refractivity contribution in [3.05, 3.63) is 6.33 Å². The van der Waals surface area contributed by atoms with Gasteiger partial charge in [0.25, 0.3) is 0 Å². The highest BCUT2D eigenvalue weighted by Crippen LogP contribution is 2.32. The number of rotatable bonds is 4. The molecule has 1 aliphatic rings. The van der Waals surface area contributed by atoms with E-state index in [1.807, 2.05) is 0 Å². The van der Waals surface area contributed by atoms with E-state index in [0.717, 1.165) is 11.9 Å². The van der Waals surface area contributed by atoms with Gasteiger partial charge in [-0.2, -0.15) is 9.97 Å². The van der Waals surface area contributed by atoms with Gasteiger partial charge >= 0.3 is 6.01 Å². The SMILES string of the molecule is COc1nc(N)c2ncn(S[C@@H]3O[C@H](CO)C(O)C3O)c2n1. The Morgan fingerprint density at radius 2 is 2.18 bits per heavy atom. The van der Waals surface area contributed by atoms with E-state index < -0.39 is 23.7 Å². The zero-order chi connectivity index (χ0) is 15.9. The van der Waals surface area contributed by atoms with Crippen LogP contribution in [0.2, 0.25) is 0 Å². The molecular formula is C11H15N5O5S. The van der Waals surface area contributed by atoms with Gasteiger partial charge in [0.1, 0.15) is 24.6 Å². The number of aliphatic hydroxyl groups is 3. The Labute approximate surface area is 129 Å². The van der Waals surface area contributed by atoms with Crippen molar-refractivity contribution in [2.75, 3.05) is 19.5 Å². The first-order valence-electron chi connectivity index (χ1n) is 6.39. The van der Waals surface area contributed by atoms with E-state index in [4.69, 9.17) is 20.3 Å². The second-order valence-electron chi connectivity index (χ2n) is 4.65. The maximum atomic E-state index is 9.96. The van der Waals surface area contributed by atoms with E-state index in [-0.39, 0.29) is 18.4 Å². The van der Waals surface area contributed by atoms with Crippen LogP contribution in [0.1, 0.15) is 0 Å². The summed E-state index contributed by atoms with van der Waals surface area (Å²) in [6.45, 7) is -0.386. The molecule has 1 saturated heterocycles. The fourth-order valence-electron chi connectivity index (χ4n) is 2.11. The summed E-state index contributed by atoms with van der Waals surface area (Å²) < 4.78 is 11.9. The third-order valence-corrected chi connectivity index (χ3v) is 4.36. The van der Waals surface area contributed by atoms with Crippen molar-refractivity contribution in [2.24, 2.45) is 0 Å². The monoisotopic (exact) mass is 329 g/mol. The molecule has 3 rings (SSSR count). The predicted molar refractivity (Wildman–Crippen MR) is 77.0 cm³/mol. The summed E-state index contributed by atoms with van der Waals surface area (Å²) in [6.07, 6.45) is -1.70. The van der Waals surface area contributed by atoms with Gasteiger partial charge in [-0.15, -0.1) is 0 Å². The van der Waals surface area contributed by atoms with Gasteiger partial charge < -0.3 is 30.5 Å². The average Bonchev–Trinajstić information content (AvgIpc) is 3.04. The van der Waals surface area contributed by atoms with E-state index in [0.29, 0.717) is 11.2 Å². The maximum Gasteiger partial charge on any atom is 0.320 e.